The zero-order chi connectivity index (χ0) is 12.0. The first-order chi connectivity index (χ1) is 8.18. The van der Waals surface area contributed by atoms with Crippen LogP contribution in [-0.2, 0) is 4.79 Å². The van der Waals surface area contributed by atoms with Gasteiger partial charge < -0.3 is 10.2 Å². The molecule has 0 radical (unpaired) electrons. The molecular formula is C14H18N2O. The van der Waals surface area contributed by atoms with E-state index < -0.39 is 0 Å². The Bertz CT molecular complexity index is 469. The minimum Gasteiger partial charge on any atom is -0.316 e. The summed E-state index contributed by atoms with van der Waals surface area (Å²) >= 11 is 0. The number of anilines is 1. The molecule has 1 aromatic carbocycles. The summed E-state index contributed by atoms with van der Waals surface area (Å²) < 4.78 is 0. The maximum absolute atomic E-state index is 11.9. The number of carbonyl (C=O) groups excluding carboxylic acids is 1. The first-order valence-electron chi connectivity index (χ1n) is 6.29. The second-order valence-corrected chi connectivity index (χ2v) is 5.12. The van der Waals surface area contributed by atoms with Gasteiger partial charge in [-0.15, -0.1) is 0 Å². The number of amides is 1. The third kappa shape index (κ3) is 1.57. The fraction of sp³-hybridized carbons (Fsp3) is 0.500. The number of fused-ring (bicyclic) bond motifs is 3. The molecule has 1 fully saturated rings. The molecule has 3 heteroatoms. The van der Waals surface area contributed by atoms with Gasteiger partial charge in [0.25, 0.3) is 0 Å². The summed E-state index contributed by atoms with van der Waals surface area (Å²) in [7, 11) is 0. The van der Waals surface area contributed by atoms with Crippen molar-refractivity contribution in [2.24, 2.45) is 0 Å². The molecule has 0 aromatic heterocycles. The van der Waals surface area contributed by atoms with Crippen molar-refractivity contribution < 1.29 is 4.79 Å². The Labute approximate surface area is 102 Å². The molecule has 1 N–H and O–H groups in total. The smallest absolute Gasteiger partial charge is 0.224 e. The first-order valence-corrected chi connectivity index (χ1v) is 6.29. The van der Waals surface area contributed by atoms with Crippen molar-refractivity contribution >= 4 is 11.6 Å². The van der Waals surface area contributed by atoms with Crippen LogP contribution in [0.15, 0.2) is 18.2 Å². The summed E-state index contributed by atoms with van der Waals surface area (Å²) in [4.78, 5) is 13.9. The Hall–Kier alpha value is -1.35. The van der Waals surface area contributed by atoms with Crippen LogP contribution in [0.2, 0.25) is 0 Å². The van der Waals surface area contributed by atoms with Crippen LogP contribution in [0.5, 0.6) is 0 Å². The van der Waals surface area contributed by atoms with E-state index in [9.17, 15) is 4.79 Å². The van der Waals surface area contributed by atoms with E-state index in [1.54, 1.807) is 6.92 Å². The number of rotatable bonds is 0. The summed E-state index contributed by atoms with van der Waals surface area (Å²) in [5, 5.41) is 3.44. The molecule has 3 nitrogen and oxygen atoms in total. The summed E-state index contributed by atoms with van der Waals surface area (Å²) in [6.45, 7) is 5.79. The van der Waals surface area contributed by atoms with Gasteiger partial charge in [-0.25, -0.2) is 0 Å². The standard InChI is InChI=1S/C14H18N2O/c1-9-3-4-13-11(7-9)12-8-15-6-5-14(12)16(13)10(2)17/h3-4,7,12,14-15H,5-6,8H2,1-2H3/t12-,14-/m1/s1. The molecule has 2 aliphatic rings. The van der Waals surface area contributed by atoms with Gasteiger partial charge in [-0.1, -0.05) is 17.7 Å². The SMILES string of the molecule is CC(=O)N1c2ccc(C)cc2[C@H]2CNCC[C@H]21. The van der Waals surface area contributed by atoms with Crippen LogP contribution < -0.4 is 10.2 Å². The summed E-state index contributed by atoms with van der Waals surface area (Å²) in [6.07, 6.45) is 1.05. The van der Waals surface area contributed by atoms with Gasteiger partial charge in [0, 0.05) is 31.1 Å². The third-order valence-electron chi connectivity index (χ3n) is 3.96. The summed E-state index contributed by atoms with van der Waals surface area (Å²) in [5.74, 6) is 0.645. The molecule has 1 amide bonds. The van der Waals surface area contributed by atoms with E-state index >= 15 is 0 Å². The molecule has 2 atom stereocenters. The Morgan fingerprint density at radius 3 is 3.06 bits per heavy atom. The van der Waals surface area contributed by atoms with E-state index in [1.807, 2.05) is 4.90 Å². The molecule has 17 heavy (non-hydrogen) atoms. The van der Waals surface area contributed by atoms with Crippen LogP contribution in [0, 0.1) is 6.92 Å². The normalized spacial score (nSPS) is 26.6. The zero-order valence-corrected chi connectivity index (χ0v) is 10.4. The summed E-state index contributed by atoms with van der Waals surface area (Å²) in [6, 6.07) is 6.80. The van der Waals surface area contributed by atoms with Crippen molar-refractivity contribution in [1.29, 1.82) is 0 Å². The topological polar surface area (TPSA) is 32.3 Å². The van der Waals surface area contributed by atoms with Crippen LogP contribution in [0.3, 0.4) is 0 Å². The molecule has 1 aromatic rings. The van der Waals surface area contributed by atoms with Crippen LogP contribution in [-0.4, -0.2) is 25.0 Å². The maximum atomic E-state index is 11.9. The highest BCUT2D eigenvalue weighted by Gasteiger charge is 2.41. The lowest BCUT2D eigenvalue weighted by Crippen LogP contribution is -2.45. The number of piperidine rings is 1. The van der Waals surface area contributed by atoms with Crippen molar-refractivity contribution in [3.8, 4) is 0 Å². The molecule has 0 spiro atoms. The fourth-order valence-electron chi connectivity index (χ4n) is 3.24. The van der Waals surface area contributed by atoms with Gasteiger partial charge in [-0.05, 0) is 31.5 Å². The van der Waals surface area contributed by atoms with Crippen molar-refractivity contribution in [2.45, 2.75) is 32.2 Å². The van der Waals surface area contributed by atoms with Crippen molar-refractivity contribution in [1.82, 2.24) is 5.32 Å². The maximum Gasteiger partial charge on any atom is 0.224 e. The highest BCUT2D eigenvalue weighted by molar-refractivity contribution is 5.95. The number of aryl methyl sites for hydroxylation is 1. The number of nitrogens with zero attached hydrogens (tertiary/aromatic N) is 1. The largest absolute Gasteiger partial charge is 0.316 e. The number of benzene rings is 1. The molecular weight excluding hydrogens is 212 g/mol. The van der Waals surface area contributed by atoms with Crippen LogP contribution in [0.4, 0.5) is 5.69 Å². The molecule has 0 bridgehead atoms. The van der Waals surface area contributed by atoms with Crippen molar-refractivity contribution in [3.63, 3.8) is 0 Å². The number of nitrogens with one attached hydrogen (secondary N) is 1. The monoisotopic (exact) mass is 230 g/mol. The highest BCUT2D eigenvalue weighted by Crippen LogP contribution is 2.43. The average molecular weight is 230 g/mol. The van der Waals surface area contributed by atoms with Crippen LogP contribution in [0.1, 0.15) is 30.4 Å². The second-order valence-electron chi connectivity index (χ2n) is 5.12. The van der Waals surface area contributed by atoms with Crippen molar-refractivity contribution in [3.05, 3.63) is 29.3 Å². The second kappa shape index (κ2) is 3.84. The Morgan fingerprint density at radius 1 is 1.47 bits per heavy atom. The lowest BCUT2D eigenvalue weighted by atomic mass is 9.89. The molecule has 0 unspecified atom stereocenters. The van der Waals surface area contributed by atoms with Gasteiger partial charge in [-0.2, -0.15) is 0 Å². The predicted molar refractivity (Wildman–Crippen MR) is 68.4 cm³/mol. The number of hydrogen-bond acceptors (Lipinski definition) is 2. The number of hydrogen-bond donors (Lipinski definition) is 1. The molecule has 3 rings (SSSR count). The molecule has 90 valence electrons. The average Bonchev–Trinajstić information content (AvgIpc) is 2.63. The van der Waals surface area contributed by atoms with Gasteiger partial charge in [0.2, 0.25) is 5.91 Å². The van der Waals surface area contributed by atoms with E-state index in [4.69, 9.17) is 0 Å². The van der Waals surface area contributed by atoms with Gasteiger partial charge in [0.15, 0.2) is 0 Å². The number of carbonyl (C=O) groups is 1. The molecule has 0 saturated carbocycles. The summed E-state index contributed by atoms with van der Waals surface area (Å²) in [5.41, 5.74) is 3.75. The third-order valence-corrected chi connectivity index (χ3v) is 3.96. The zero-order valence-electron chi connectivity index (χ0n) is 10.4. The minimum atomic E-state index is 0.171. The van der Waals surface area contributed by atoms with E-state index in [1.165, 1.54) is 11.1 Å². The van der Waals surface area contributed by atoms with E-state index in [0.29, 0.717) is 12.0 Å². The molecule has 1 saturated heterocycles. The Balaban J connectivity index is 2.11. The highest BCUT2D eigenvalue weighted by atomic mass is 16.2. The van der Waals surface area contributed by atoms with E-state index in [-0.39, 0.29) is 5.91 Å². The van der Waals surface area contributed by atoms with Gasteiger partial charge in [-0.3, -0.25) is 4.79 Å². The Morgan fingerprint density at radius 2 is 2.29 bits per heavy atom. The molecule has 2 heterocycles. The Kier molecular flexibility index (Phi) is 2.44. The lowest BCUT2D eigenvalue weighted by Gasteiger charge is -2.31. The molecule has 2 aliphatic heterocycles. The molecule has 0 aliphatic carbocycles. The lowest BCUT2D eigenvalue weighted by molar-refractivity contribution is -0.117. The van der Waals surface area contributed by atoms with Crippen molar-refractivity contribution in [2.75, 3.05) is 18.0 Å². The minimum absolute atomic E-state index is 0.171. The van der Waals surface area contributed by atoms with Gasteiger partial charge in [0.1, 0.15) is 0 Å². The fourth-order valence-corrected chi connectivity index (χ4v) is 3.24. The van der Waals surface area contributed by atoms with Crippen LogP contribution in [0.25, 0.3) is 0 Å². The predicted octanol–water partition coefficient (Wildman–Crippen LogP) is 1.81. The first kappa shape index (κ1) is 10.8. The quantitative estimate of drug-likeness (QED) is 0.737. The van der Waals surface area contributed by atoms with E-state index in [2.05, 4.69) is 30.4 Å². The van der Waals surface area contributed by atoms with E-state index in [0.717, 1.165) is 25.2 Å². The van der Waals surface area contributed by atoms with Gasteiger partial charge >= 0.3 is 0 Å². The van der Waals surface area contributed by atoms with Crippen LogP contribution >= 0.6 is 0 Å². The van der Waals surface area contributed by atoms with Gasteiger partial charge in [0.05, 0.1) is 0 Å².